The monoisotopic (exact) mass is 199 g/mol. The molecule has 0 fully saturated rings. The average molecular weight is 199 g/mol. The van der Waals surface area contributed by atoms with Gasteiger partial charge in [0.25, 0.3) is 5.91 Å². The lowest BCUT2D eigenvalue weighted by atomic mass is 10.3. The zero-order chi connectivity index (χ0) is 9.68. The van der Waals surface area contributed by atoms with E-state index < -0.39 is 0 Å². The summed E-state index contributed by atoms with van der Waals surface area (Å²) in [5, 5.41) is 9.17. The Morgan fingerprint density at radius 2 is 2.62 bits per heavy atom. The molecule has 0 spiro atoms. The molecular formula is C8H13N3OS. The van der Waals surface area contributed by atoms with Crippen molar-refractivity contribution in [2.24, 2.45) is 0 Å². The van der Waals surface area contributed by atoms with Crippen molar-refractivity contribution in [3.63, 3.8) is 0 Å². The van der Waals surface area contributed by atoms with Crippen molar-refractivity contribution in [1.82, 2.24) is 15.5 Å². The van der Waals surface area contributed by atoms with Crippen LogP contribution in [0, 0.1) is 0 Å². The van der Waals surface area contributed by atoms with Gasteiger partial charge < -0.3 is 5.32 Å². The number of hydrogen-bond donors (Lipinski definition) is 2. The summed E-state index contributed by atoms with van der Waals surface area (Å²) in [4.78, 5) is 11.4. The number of hydrogen-bond acceptors (Lipinski definition) is 3. The van der Waals surface area contributed by atoms with Crippen molar-refractivity contribution < 1.29 is 4.79 Å². The summed E-state index contributed by atoms with van der Waals surface area (Å²) in [6.07, 6.45) is 5.11. The smallest absolute Gasteiger partial charge is 0.254 e. The van der Waals surface area contributed by atoms with Crippen LogP contribution in [-0.4, -0.2) is 34.2 Å². The van der Waals surface area contributed by atoms with Gasteiger partial charge in [-0.2, -0.15) is 16.9 Å². The van der Waals surface area contributed by atoms with Crippen LogP contribution in [0.3, 0.4) is 0 Å². The zero-order valence-electron chi connectivity index (χ0n) is 7.70. The molecule has 2 N–H and O–H groups in total. The van der Waals surface area contributed by atoms with Gasteiger partial charge in [-0.1, -0.05) is 0 Å². The minimum atomic E-state index is -0.0738. The summed E-state index contributed by atoms with van der Waals surface area (Å²) in [5.74, 6) is 0.846. The van der Waals surface area contributed by atoms with Crippen LogP contribution < -0.4 is 5.32 Å². The lowest BCUT2D eigenvalue weighted by Gasteiger charge is -2.10. The van der Waals surface area contributed by atoms with Crippen LogP contribution >= 0.6 is 11.8 Å². The molecule has 72 valence electrons. The summed E-state index contributed by atoms with van der Waals surface area (Å²) in [6.45, 7) is 1.98. The Labute approximate surface area is 81.5 Å². The fraction of sp³-hybridized carbons (Fsp3) is 0.500. The van der Waals surface area contributed by atoms with E-state index in [9.17, 15) is 4.79 Å². The molecule has 13 heavy (non-hydrogen) atoms. The van der Waals surface area contributed by atoms with Gasteiger partial charge in [-0.25, -0.2) is 0 Å². The van der Waals surface area contributed by atoms with Gasteiger partial charge in [0.05, 0.1) is 11.8 Å². The van der Waals surface area contributed by atoms with Gasteiger partial charge in [-0.05, 0) is 13.2 Å². The highest BCUT2D eigenvalue weighted by Crippen LogP contribution is 1.99. The van der Waals surface area contributed by atoms with Crippen LogP contribution in [-0.2, 0) is 0 Å². The number of nitrogens with one attached hydrogen (secondary N) is 2. The molecule has 5 heteroatoms. The molecule has 1 rings (SSSR count). The Morgan fingerprint density at radius 3 is 3.15 bits per heavy atom. The minimum Gasteiger partial charge on any atom is -0.349 e. The van der Waals surface area contributed by atoms with Crippen molar-refractivity contribution in [1.29, 1.82) is 0 Å². The summed E-state index contributed by atoms with van der Waals surface area (Å²) in [5.41, 5.74) is 0.577. The molecule has 1 heterocycles. The maximum Gasteiger partial charge on any atom is 0.254 e. The second-order valence-electron chi connectivity index (χ2n) is 2.82. The van der Waals surface area contributed by atoms with Crippen LogP contribution in [0.1, 0.15) is 17.3 Å². The molecule has 0 saturated heterocycles. The molecule has 0 saturated carbocycles. The normalized spacial score (nSPS) is 12.5. The number of aromatic amines is 1. The van der Waals surface area contributed by atoms with Crippen LogP contribution in [0.25, 0.3) is 0 Å². The van der Waals surface area contributed by atoms with Crippen molar-refractivity contribution >= 4 is 17.7 Å². The summed E-state index contributed by atoms with van der Waals surface area (Å²) in [6, 6.07) is 0.192. The van der Waals surface area contributed by atoms with Crippen molar-refractivity contribution in [2.75, 3.05) is 12.0 Å². The molecule has 1 aromatic rings. The molecule has 1 unspecified atom stereocenters. The standard InChI is InChI=1S/C8H13N3OS/c1-6(5-13-2)11-8(12)7-3-9-10-4-7/h3-4,6H,5H2,1-2H3,(H,9,10)(H,11,12). The fourth-order valence-corrected chi connectivity index (χ4v) is 1.56. The Balaban J connectivity index is 2.42. The molecule has 0 aliphatic heterocycles. The molecule has 1 aromatic heterocycles. The second-order valence-corrected chi connectivity index (χ2v) is 3.73. The lowest BCUT2D eigenvalue weighted by Crippen LogP contribution is -2.33. The first-order valence-electron chi connectivity index (χ1n) is 4.02. The molecule has 0 radical (unpaired) electrons. The van der Waals surface area contributed by atoms with E-state index in [4.69, 9.17) is 0 Å². The highest BCUT2D eigenvalue weighted by atomic mass is 32.2. The number of nitrogens with zero attached hydrogens (tertiary/aromatic N) is 1. The van der Waals surface area contributed by atoms with E-state index in [2.05, 4.69) is 15.5 Å². The first kappa shape index (κ1) is 10.1. The maximum atomic E-state index is 11.4. The van der Waals surface area contributed by atoms with E-state index in [0.717, 1.165) is 5.75 Å². The first-order valence-corrected chi connectivity index (χ1v) is 5.42. The van der Waals surface area contributed by atoms with Gasteiger partial charge in [-0.15, -0.1) is 0 Å². The van der Waals surface area contributed by atoms with Gasteiger partial charge in [0.2, 0.25) is 0 Å². The van der Waals surface area contributed by atoms with E-state index in [1.54, 1.807) is 18.0 Å². The SMILES string of the molecule is CSCC(C)NC(=O)c1cn[nH]c1. The van der Waals surface area contributed by atoms with E-state index in [0.29, 0.717) is 5.56 Å². The number of H-pyrrole nitrogens is 1. The topological polar surface area (TPSA) is 57.8 Å². The molecule has 1 atom stereocenters. The third-order valence-corrected chi connectivity index (χ3v) is 2.39. The molecule has 4 nitrogen and oxygen atoms in total. The highest BCUT2D eigenvalue weighted by molar-refractivity contribution is 7.98. The number of aromatic nitrogens is 2. The molecular weight excluding hydrogens is 186 g/mol. The van der Waals surface area contributed by atoms with Gasteiger partial charge in [0, 0.05) is 18.0 Å². The summed E-state index contributed by atoms with van der Waals surface area (Å²) >= 11 is 1.71. The average Bonchev–Trinajstić information content (AvgIpc) is 2.55. The molecule has 0 aliphatic rings. The predicted molar refractivity (Wildman–Crippen MR) is 53.9 cm³/mol. The summed E-state index contributed by atoms with van der Waals surface area (Å²) in [7, 11) is 0. The Hall–Kier alpha value is -0.970. The lowest BCUT2D eigenvalue weighted by molar-refractivity contribution is 0.0944. The molecule has 1 amide bonds. The van der Waals surface area contributed by atoms with Crippen molar-refractivity contribution in [3.8, 4) is 0 Å². The zero-order valence-corrected chi connectivity index (χ0v) is 8.52. The van der Waals surface area contributed by atoms with Gasteiger partial charge in [0.1, 0.15) is 0 Å². The van der Waals surface area contributed by atoms with E-state index in [1.807, 2.05) is 13.2 Å². The van der Waals surface area contributed by atoms with Crippen LogP contribution in [0.4, 0.5) is 0 Å². The van der Waals surface area contributed by atoms with Gasteiger partial charge in [0.15, 0.2) is 0 Å². The Kier molecular flexibility index (Phi) is 3.82. The fourth-order valence-electron chi connectivity index (χ4n) is 0.974. The van der Waals surface area contributed by atoms with Gasteiger partial charge >= 0.3 is 0 Å². The quantitative estimate of drug-likeness (QED) is 0.757. The Morgan fingerprint density at radius 1 is 1.85 bits per heavy atom. The third kappa shape index (κ3) is 3.10. The highest BCUT2D eigenvalue weighted by Gasteiger charge is 2.09. The minimum absolute atomic E-state index is 0.0738. The molecule has 0 bridgehead atoms. The number of carbonyl (C=O) groups is 1. The molecule has 0 aliphatic carbocycles. The maximum absolute atomic E-state index is 11.4. The Bertz CT molecular complexity index is 260. The number of amides is 1. The molecule has 0 aromatic carbocycles. The van der Waals surface area contributed by atoms with E-state index in [1.165, 1.54) is 6.20 Å². The van der Waals surface area contributed by atoms with E-state index in [-0.39, 0.29) is 11.9 Å². The second kappa shape index (κ2) is 4.91. The third-order valence-electron chi connectivity index (χ3n) is 1.55. The van der Waals surface area contributed by atoms with Crippen LogP contribution in [0.2, 0.25) is 0 Å². The van der Waals surface area contributed by atoms with Crippen molar-refractivity contribution in [3.05, 3.63) is 18.0 Å². The first-order chi connectivity index (χ1) is 6.24. The van der Waals surface area contributed by atoms with Crippen LogP contribution in [0.5, 0.6) is 0 Å². The largest absolute Gasteiger partial charge is 0.349 e. The number of rotatable bonds is 4. The summed E-state index contributed by atoms with van der Waals surface area (Å²) < 4.78 is 0. The van der Waals surface area contributed by atoms with E-state index >= 15 is 0 Å². The predicted octanol–water partition coefficient (Wildman–Crippen LogP) is 0.891. The number of carbonyl (C=O) groups excluding carboxylic acids is 1. The van der Waals surface area contributed by atoms with Gasteiger partial charge in [-0.3, -0.25) is 9.89 Å². The number of thioether (sulfide) groups is 1. The van der Waals surface area contributed by atoms with Crippen LogP contribution in [0.15, 0.2) is 12.4 Å². The van der Waals surface area contributed by atoms with Crippen molar-refractivity contribution in [2.45, 2.75) is 13.0 Å².